The summed E-state index contributed by atoms with van der Waals surface area (Å²) >= 11 is 0. The predicted molar refractivity (Wildman–Crippen MR) is 191 cm³/mol. The van der Waals surface area contributed by atoms with Crippen LogP contribution in [0.1, 0.15) is 16.7 Å². The van der Waals surface area contributed by atoms with Crippen LogP contribution in [0.2, 0.25) is 0 Å². The first-order valence-corrected chi connectivity index (χ1v) is 15.8. The fourth-order valence-electron chi connectivity index (χ4n) is 6.58. The van der Waals surface area contributed by atoms with Crippen LogP contribution >= 0.6 is 0 Å². The summed E-state index contributed by atoms with van der Waals surface area (Å²) in [6.07, 6.45) is 1.73. The van der Waals surface area contributed by atoms with E-state index in [1.807, 2.05) is 77.4 Å². The zero-order chi connectivity index (χ0) is 33.6. The molecule has 0 saturated carbocycles. The number of nitrogens with zero attached hydrogens (tertiary/aromatic N) is 6. The maximum Gasteiger partial charge on any atom is 0.191 e. The Balaban J connectivity index is 1.28. The number of hydrogen-bond donors (Lipinski definition) is 0. The lowest BCUT2D eigenvalue weighted by molar-refractivity contribution is 0.484. The molecule has 0 aliphatic carbocycles. The average Bonchev–Trinajstić information content (AvgIpc) is 3.67. The van der Waals surface area contributed by atoms with Gasteiger partial charge in [-0.15, -0.1) is 10.2 Å². The molecule has 49 heavy (non-hydrogen) atoms. The summed E-state index contributed by atoms with van der Waals surface area (Å²) in [6, 6.07) is 35.9. The van der Waals surface area contributed by atoms with Crippen molar-refractivity contribution in [2.24, 2.45) is 0 Å². The van der Waals surface area contributed by atoms with Gasteiger partial charge in [-0.2, -0.15) is 0 Å². The number of hydrogen-bond acceptors (Lipinski definition) is 4. The van der Waals surface area contributed by atoms with Crippen molar-refractivity contribution in [3.8, 4) is 45.8 Å². The first-order valence-electron chi connectivity index (χ1n) is 15.8. The van der Waals surface area contributed by atoms with Crippen molar-refractivity contribution >= 4 is 27.5 Å². The summed E-state index contributed by atoms with van der Waals surface area (Å²) in [5.41, 5.74) is 7.93. The van der Waals surface area contributed by atoms with Crippen LogP contribution in [0.15, 0.2) is 121 Å². The van der Waals surface area contributed by atoms with Gasteiger partial charge in [0, 0.05) is 34.2 Å². The van der Waals surface area contributed by atoms with Gasteiger partial charge in [-0.1, -0.05) is 48.5 Å². The third-order valence-electron chi connectivity index (χ3n) is 8.80. The third kappa shape index (κ3) is 5.18. The molecule has 5 aromatic carbocycles. The summed E-state index contributed by atoms with van der Waals surface area (Å²) < 4.78 is 25.0. The van der Waals surface area contributed by atoms with Gasteiger partial charge in [0.05, 0.1) is 23.3 Å². The van der Waals surface area contributed by atoms with Crippen LogP contribution in [0.4, 0.5) is 10.1 Å². The van der Waals surface area contributed by atoms with Crippen LogP contribution in [0, 0.1) is 33.2 Å². The van der Waals surface area contributed by atoms with E-state index in [4.69, 9.17) is 21.5 Å². The Bertz CT molecular complexity index is 2580. The maximum atomic E-state index is 14.4. The van der Waals surface area contributed by atoms with Gasteiger partial charge in [-0.25, -0.2) is 14.2 Å². The highest BCUT2D eigenvalue weighted by atomic mass is 19.1. The van der Waals surface area contributed by atoms with E-state index >= 15 is 0 Å². The summed E-state index contributed by atoms with van der Waals surface area (Å²) in [6.45, 7) is 14.1. The van der Waals surface area contributed by atoms with Crippen LogP contribution in [-0.4, -0.2) is 24.3 Å². The number of ether oxygens (including phenoxy) is 1. The Hall–Kier alpha value is -6.59. The van der Waals surface area contributed by atoms with E-state index in [-0.39, 0.29) is 5.82 Å². The van der Waals surface area contributed by atoms with Gasteiger partial charge in [0.1, 0.15) is 23.1 Å². The third-order valence-corrected chi connectivity index (χ3v) is 8.80. The Morgan fingerprint density at radius 2 is 1.43 bits per heavy atom. The van der Waals surface area contributed by atoms with Crippen molar-refractivity contribution in [1.29, 1.82) is 0 Å². The highest BCUT2D eigenvalue weighted by molar-refractivity contribution is 6.09. The van der Waals surface area contributed by atoms with Gasteiger partial charge in [-0.05, 0) is 98.1 Å². The van der Waals surface area contributed by atoms with Gasteiger partial charge in [0.2, 0.25) is 0 Å². The standard InChI is InChI=1S/C41H29FN6O/c1-25-10-5-6-13-33(25)41-46-45-40(48(41)39-26(2)11-9-12-27(39)3)28-20-30(43-4)23-32(21-28)49-31-16-17-34-35-22-29(42)15-18-36(35)47(37(34)24-31)38-14-7-8-19-44-38/h5-24H,1-3H3. The second kappa shape index (κ2) is 11.9. The molecule has 0 aliphatic rings. The minimum atomic E-state index is -0.310. The molecule has 8 aromatic rings. The molecule has 3 heterocycles. The molecule has 0 amide bonds. The van der Waals surface area contributed by atoms with Gasteiger partial charge < -0.3 is 4.74 Å². The molecule has 0 bridgehead atoms. The summed E-state index contributed by atoms with van der Waals surface area (Å²) in [5.74, 6) is 2.74. The minimum absolute atomic E-state index is 0.310. The largest absolute Gasteiger partial charge is 0.459 e. The highest BCUT2D eigenvalue weighted by Gasteiger charge is 2.22. The number of halogens is 1. The quantitative estimate of drug-likeness (QED) is 0.170. The molecule has 0 atom stereocenters. The van der Waals surface area contributed by atoms with E-state index < -0.39 is 0 Å². The number of para-hydroxylation sites is 1. The molecular formula is C41H29FN6O. The van der Waals surface area contributed by atoms with Gasteiger partial charge >= 0.3 is 0 Å². The van der Waals surface area contributed by atoms with Crippen molar-refractivity contribution in [2.75, 3.05) is 0 Å². The Morgan fingerprint density at radius 3 is 2.20 bits per heavy atom. The van der Waals surface area contributed by atoms with Crippen LogP contribution in [0.25, 0.3) is 60.9 Å². The van der Waals surface area contributed by atoms with Crippen molar-refractivity contribution in [2.45, 2.75) is 20.8 Å². The van der Waals surface area contributed by atoms with Crippen LogP contribution in [-0.2, 0) is 0 Å². The maximum absolute atomic E-state index is 14.4. The monoisotopic (exact) mass is 640 g/mol. The molecule has 0 unspecified atom stereocenters. The van der Waals surface area contributed by atoms with E-state index in [2.05, 4.69) is 53.4 Å². The minimum Gasteiger partial charge on any atom is -0.459 e. The van der Waals surface area contributed by atoms with Gasteiger partial charge in [0.25, 0.3) is 0 Å². The normalized spacial score (nSPS) is 11.2. The molecule has 0 fully saturated rings. The number of aryl methyl sites for hydroxylation is 3. The number of fused-ring (bicyclic) bond motifs is 3. The molecule has 236 valence electrons. The zero-order valence-corrected chi connectivity index (χ0v) is 27.0. The molecule has 7 nitrogen and oxygen atoms in total. The number of pyridine rings is 1. The molecule has 0 radical (unpaired) electrons. The molecule has 0 spiro atoms. The smallest absolute Gasteiger partial charge is 0.191 e. The van der Waals surface area contributed by atoms with Gasteiger partial charge in [-0.3, -0.25) is 9.13 Å². The van der Waals surface area contributed by atoms with Crippen LogP contribution < -0.4 is 4.74 Å². The van der Waals surface area contributed by atoms with E-state index in [1.54, 1.807) is 24.4 Å². The lowest BCUT2D eigenvalue weighted by Gasteiger charge is -2.17. The van der Waals surface area contributed by atoms with Crippen molar-refractivity contribution in [1.82, 2.24) is 24.3 Å². The number of benzene rings is 5. The fourth-order valence-corrected chi connectivity index (χ4v) is 6.58. The molecular weight excluding hydrogens is 611 g/mol. The van der Waals surface area contributed by atoms with E-state index in [9.17, 15) is 4.39 Å². The van der Waals surface area contributed by atoms with Gasteiger partial charge in [0.15, 0.2) is 17.3 Å². The lowest BCUT2D eigenvalue weighted by Crippen LogP contribution is -2.05. The molecule has 0 aliphatic heterocycles. The lowest BCUT2D eigenvalue weighted by atomic mass is 10.1. The first-order chi connectivity index (χ1) is 23.9. The number of aromatic nitrogens is 5. The SMILES string of the molecule is [C-]#[N+]c1cc(Oc2ccc3c4cc(F)ccc4n(-c4ccccn4)c3c2)cc(-c2nnc(-c3ccccc3C)n2-c2c(C)cccc2C)c1. The van der Waals surface area contributed by atoms with E-state index in [0.717, 1.165) is 49.7 Å². The van der Waals surface area contributed by atoms with Crippen molar-refractivity contribution in [3.05, 3.63) is 155 Å². The Labute approximate surface area is 282 Å². The summed E-state index contributed by atoms with van der Waals surface area (Å²) in [5, 5.41) is 11.1. The Morgan fingerprint density at radius 1 is 0.653 bits per heavy atom. The summed E-state index contributed by atoms with van der Waals surface area (Å²) in [4.78, 5) is 8.36. The zero-order valence-electron chi connectivity index (χ0n) is 27.0. The fraction of sp³-hybridized carbons (Fsp3) is 0.0732. The molecule has 0 N–H and O–H groups in total. The second-order valence-electron chi connectivity index (χ2n) is 12.0. The first kappa shape index (κ1) is 29.8. The van der Waals surface area contributed by atoms with E-state index in [0.29, 0.717) is 40.2 Å². The van der Waals surface area contributed by atoms with E-state index in [1.165, 1.54) is 6.07 Å². The topological polar surface area (TPSA) is 62.1 Å². The summed E-state index contributed by atoms with van der Waals surface area (Å²) in [7, 11) is 0. The Kier molecular flexibility index (Phi) is 7.23. The highest BCUT2D eigenvalue weighted by Crippen LogP contribution is 2.39. The van der Waals surface area contributed by atoms with Crippen molar-refractivity contribution in [3.63, 3.8) is 0 Å². The van der Waals surface area contributed by atoms with Crippen LogP contribution in [0.3, 0.4) is 0 Å². The molecule has 8 rings (SSSR count). The van der Waals surface area contributed by atoms with Crippen molar-refractivity contribution < 1.29 is 9.13 Å². The van der Waals surface area contributed by atoms with Crippen LogP contribution in [0.5, 0.6) is 11.5 Å². The molecule has 3 aromatic heterocycles. The average molecular weight is 641 g/mol. The number of rotatable bonds is 6. The second-order valence-corrected chi connectivity index (χ2v) is 12.0. The predicted octanol–water partition coefficient (Wildman–Crippen LogP) is 10.5. The molecule has 8 heteroatoms. The molecule has 0 saturated heterocycles.